The zero-order valence-corrected chi connectivity index (χ0v) is 18.9. The number of aromatic carboxylic acids is 1. The predicted molar refractivity (Wildman–Crippen MR) is 130 cm³/mol. The lowest BCUT2D eigenvalue weighted by atomic mass is 9.95. The zero-order chi connectivity index (χ0) is 23.8. The Morgan fingerprint density at radius 2 is 1.68 bits per heavy atom. The lowest BCUT2D eigenvalue weighted by Crippen LogP contribution is -2.07. The molecule has 1 aromatic heterocycles. The molecule has 0 amide bonds. The Balaban J connectivity index is 1.60. The number of carboxylic acid groups (broad SMARTS) is 1. The lowest BCUT2D eigenvalue weighted by molar-refractivity contribution is 0.0697. The SMILES string of the molecule is O=C(O)c1ccc(Nc2ncc3c(n2)-c2cc(Cl)c(Cl)cc2C(c2ccccc2F)=NC3)cc1. The van der Waals surface area contributed by atoms with Crippen molar-refractivity contribution in [2.75, 3.05) is 5.32 Å². The summed E-state index contributed by atoms with van der Waals surface area (Å²) in [5, 5.41) is 12.8. The number of aromatic nitrogens is 2. The average Bonchev–Trinajstić information content (AvgIpc) is 2.97. The van der Waals surface area contributed by atoms with E-state index >= 15 is 0 Å². The number of anilines is 2. The summed E-state index contributed by atoms with van der Waals surface area (Å²) in [7, 11) is 0. The molecule has 0 atom stereocenters. The molecule has 1 aliphatic rings. The first kappa shape index (κ1) is 22.0. The van der Waals surface area contributed by atoms with Gasteiger partial charge in [-0.2, -0.15) is 0 Å². The third kappa shape index (κ3) is 4.11. The van der Waals surface area contributed by atoms with Crippen LogP contribution in [0.15, 0.2) is 71.9 Å². The van der Waals surface area contributed by atoms with Crippen LogP contribution in [0, 0.1) is 5.82 Å². The summed E-state index contributed by atoms with van der Waals surface area (Å²) >= 11 is 12.7. The molecule has 34 heavy (non-hydrogen) atoms. The molecule has 1 aliphatic heterocycles. The van der Waals surface area contributed by atoms with Gasteiger partial charge in [-0.25, -0.2) is 19.2 Å². The number of nitrogens with one attached hydrogen (secondary N) is 1. The van der Waals surface area contributed by atoms with Gasteiger partial charge in [0.1, 0.15) is 5.82 Å². The fourth-order valence-corrected chi connectivity index (χ4v) is 4.04. The van der Waals surface area contributed by atoms with Crippen LogP contribution >= 0.6 is 23.2 Å². The summed E-state index contributed by atoms with van der Waals surface area (Å²) in [6.07, 6.45) is 1.65. The number of carbonyl (C=O) groups is 1. The summed E-state index contributed by atoms with van der Waals surface area (Å²) in [4.78, 5) is 24.8. The van der Waals surface area contributed by atoms with E-state index in [9.17, 15) is 9.18 Å². The molecule has 0 spiro atoms. The van der Waals surface area contributed by atoms with Gasteiger partial charge in [-0.05, 0) is 48.5 Å². The monoisotopic (exact) mass is 492 g/mol. The first-order chi connectivity index (χ1) is 16.4. The van der Waals surface area contributed by atoms with Crippen molar-refractivity contribution in [2.24, 2.45) is 4.99 Å². The Morgan fingerprint density at radius 1 is 0.971 bits per heavy atom. The second kappa shape index (κ2) is 8.85. The van der Waals surface area contributed by atoms with Gasteiger partial charge in [0.25, 0.3) is 0 Å². The molecule has 0 saturated heterocycles. The highest BCUT2D eigenvalue weighted by atomic mass is 35.5. The van der Waals surface area contributed by atoms with Gasteiger partial charge in [0, 0.05) is 34.1 Å². The number of fused-ring (bicyclic) bond motifs is 3. The van der Waals surface area contributed by atoms with Crippen molar-refractivity contribution in [3.05, 3.63) is 105 Å². The van der Waals surface area contributed by atoms with Gasteiger partial charge in [0.2, 0.25) is 5.95 Å². The first-order valence-electron chi connectivity index (χ1n) is 10.2. The molecule has 4 aromatic rings. The zero-order valence-electron chi connectivity index (χ0n) is 17.4. The molecular weight excluding hydrogens is 478 g/mol. The van der Waals surface area contributed by atoms with Crippen molar-refractivity contribution in [3.8, 4) is 11.3 Å². The largest absolute Gasteiger partial charge is 0.478 e. The molecular formula is C25H15Cl2FN4O2. The molecule has 5 rings (SSSR count). The number of benzene rings is 3. The molecule has 168 valence electrons. The minimum atomic E-state index is -1.01. The number of hydrogen-bond acceptors (Lipinski definition) is 5. The van der Waals surface area contributed by atoms with E-state index in [2.05, 4.69) is 20.3 Å². The van der Waals surface area contributed by atoms with Crippen molar-refractivity contribution in [3.63, 3.8) is 0 Å². The highest BCUT2D eigenvalue weighted by molar-refractivity contribution is 6.42. The number of nitrogens with zero attached hydrogens (tertiary/aromatic N) is 3. The van der Waals surface area contributed by atoms with Gasteiger partial charge in [-0.3, -0.25) is 4.99 Å². The maximum Gasteiger partial charge on any atom is 0.335 e. The van der Waals surface area contributed by atoms with Crippen LogP contribution in [0.2, 0.25) is 10.0 Å². The van der Waals surface area contributed by atoms with Crippen LogP contribution in [0.4, 0.5) is 16.0 Å². The predicted octanol–water partition coefficient (Wildman–Crippen LogP) is 6.38. The maximum absolute atomic E-state index is 14.7. The summed E-state index contributed by atoms with van der Waals surface area (Å²) < 4.78 is 14.7. The molecule has 3 aromatic carbocycles. The fraction of sp³-hybridized carbons (Fsp3) is 0.0400. The smallest absolute Gasteiger partial charge is 0.335 e. The summed E-state index contributed by atoms with van der Waals surface area (Å²) in [6.45, 7) is 0.233. The average molecular weight is 493 g/mol. The number of carboxylic acids is 1. The van der Waals surface area contributed by atoms with Crippen molar-refractivity contribution in [2.45, 2.75) is 6.54 Å². The van der Waals surface area contributed by atoms with Gasteiger partial charge < -0.3 is 10.4 Å². The maximum atomic E-state index is 14.7. The van der Waals surface area contributed by atoms with Crippen molar-refractivity contribution >= 4 is 46.5 Å². The number of hydrogen-bond donors (Lipinski definition) is 2. The molecule has 0 aliphatic carbocycles. The van der Waals surface area contributed by atoms with Crippen LogP contribution in [0.1, 0.15) is 27.0 Å². The summed E-state index contributed by atoms with van der Waals surface area (Å²) in [5.41, 5.74) is 4.16. The van der Waals surface area contributed by atoms with E-state index in [1.165, 1.54) is 18.2 Å². The van der Waals surface area contributed by atoms with E-state index < -0.39 is 11.8 Å². The Labute approximate surface area is 203 Å². The Bertz CT molecular complexity index is 1470. The first-order valence-corrected chi connectivity index (χ1v) is 10.9. The summed E-state index contributed by atoms with van der Waals surface area (Å²) in [5.74, 6) is -1.11. The van der Waals surface area contributed by atoms with E-state index in [0.717, 1.165) is 5.56 Å². The van der Waals surface area contributed by atoms with E-state index in [1.807, 2.05) is 0 Å². The second-order valence-corrected chi connectivity index (χ2v) is 8.35. The van der Waals surface area contributed by atoms with Gasteiger partial charge >= 0.3 is 5.97 Å². The Hall–Kier alpha value is -3.81. The van der Waals surface area contributed by atoms with Crippen molar-refractivity contribution in [1.82, 2.24) is 9.97 Å². The van der Waals surface area contributed by atoms with Gasteiger partial charge in [0.15, 0.2) is 0 Å². The van der Waals surface area contributed by atoms with Crippen LogP contribution in [0.25, 0.3) is 11.3 Å². The van der Waals surface area contributed by atoms with E-state index in [0.29, 0.717) is 49.8 Å². The highest BCUT2D eigenvalue weighted by Crippen LogP contribution is 2.37. The molecule has 6 nitrogen and oxygen atoms in total. The topological polar surface area (TPSA) is 87.5 Å². The molecule has 0 saturated carbocycles. The normalized spacial score (nSPS) is 12.3. The van der Waals surface area contributed by atoms with Crippen LogP contribution in [-0.2, 0) is 6.54 Å². The molecule has 0 fully saturated rings. The van der Waals surface area contributed by atoms with Crippen LogP contribution in [0.5, 0.6) is 0 Å². The third-order valence-electron chi connectivity index (χ3n) is 5.36. The third-order valence-corrected chi connectivity index (χ3v) is 6.08. The number of aliphatic imine (C=N–C) groups is 1. The Kier molecular flexibility index (Phi) is 5.73. The number of rotatable bonds is 4. The van der Waals surface area contributed by atoms with Crippen LogP contribution in [-0.4, -0.2) is 26.8 Å². The fourth-order valence-electron chi connectivity index (χ4n) is 3.71. The van der Waals surface area contributed by atoms with Gasteiger partial charge in [0.05, 0.1) is 33.6 Å². The minimum absolute atomic E-state index is 0.173. The quantitative estimate of drug-likeness (QED) is 0.345. The van der Waals surface area contributed by atoms with Crippen molar-refractivity contribution < 1.29 is 14.3 Å². The Morgan fingerprint density at radius 3 is 2.38 bits per heavy atom. The standard InChI is InChI=1S/C25H15Cl2FN4O2/c26-19-9-17-18(10-20(19)27)23(16-3-1-2-4-21(16)28)29-11-14-12-30-25(32-22(14)17)31-15-7-5-13(6-8-15)24(33)34/h1-10,12H,11H2,(H,33,34)(H,30,31,32). The van der Waals surface area contributed by atoms with Gasteiger partial charge in [-0.1, -0.05) is 35.3 Å². The van der Waals surface area contributed by atoms with E-state index in [1.54, 1.807) is 48.7 Å². The van der Waals surface area contributed by atoms with Crippen LogP contribution in [0.3, 0.4) is 0 Å². The second-order valence-electron chi connectivity index (χ2n) is 7.53. The van der Waals surface area contributed by atoms with Crippen molar-refractivity contribution in [1.29, 1.82) is 0 Å². The molecule has 9 heteroatoms. The number of halogens is 3. The highest BCUT2D eigenvalue weighted by Gasteiger charge is 2.24. The van der Waals surface area contributed by atoms with Gasteiger partial charge in [-0.15, -0.1) is 0 Å². The molecule has 0 bridgehead atoms. The molecule has 0 radical (unpaired) electrons. The molecule has 0 unspecified atom stereocenters. The van der Waals surface area contributed by atoms with Crippen LogP contribution < -0.4 is 5.32 Å². The minimum Gasteiger partial charge on any atom is -0.478 e. The molecule has 2 heterocycles. The van der Waals surface area contributed by atoms with E-state index in [-0.39, 0.29) is 12.1 Å². The summed E-state index contributed by atoms with van der Waals surface area (Å²) in [6, 6.07) is 16.0. The lowest BCUT2D eigenvalue weighted by Gasteiger charge is -2.14. The van der Waals surface area contributed by atoms with E-state index in [4.69, 9.17) is 28.3 Å². The molecule has 2 N–H and O–H groups in total.